The van der Waals surface area contributed by atoms with E-state index in [0.29, 0.717) is 33.6 Å². The van der Waals surface area contributed by atoms with E-state index < -0.39 is 18.4 Å². The van der Waals surface area contributed by atoms with Crippen molar-refractivity contribution in [3.05, 3.63) is 53.8 Å². The van der Waals surface area contributed by atoms with Crippen molar-refractivity contribution in [2.75, 3.05) is 11.9 Å². The number of benzene rings is 2. The number of amides is 1. The molecule has 7 nitrogen and oxygen atoms in total. The van der Waals surface area contributed by atoms with Crippen LogP contribution in [0.25, 0.3) is 11.0 Å². The lowest BCUT2D eigenvalue weighted by molar-refractivity contribution is -0.135. The Hall–Kier alpha value is -3.42. The van der Waals surface area contributed by atoms with Gasteiger partial charge in [-0.05, 0) is 60.7 Å². The van der Waals surface area contributed by atoms with E-state index in [0.717, 1.165) is 0 Å². The Labute approximate surface area is 186 Å². The molecule has 3 aromatic rings. The Morgan fingerprint density at radius 1 is 1.09 bits per heavy atom. The predicted molar refractivity (Wildman–Crippen MR) is 123 cm³/mol. The van der Waals surface area contributed by atoms with Crippen LogP contribution in [0.3, 0.4) is 0 Å². The molecular weight excluding hydrogens is 411 g/mol. The quantitative estimate of drug-likeness (QED) is 0.434. The summed E-state index contributed by atoms with van der Waals surface area (Å²) < 4.78 is 12.9. The van der Waals surface area contributed by atoms with Gasteiger partial charge in [0.15, 0.2) is 0 Å². The minimum atomic E-state index is -1.11. The lowest BCUT2D eigenvalue weighted by Crippen LogP contribution is -2.29. The van der Waals surface area contributed by atoms with E-state index in [4.69, 9.17) is 5.11 Å². The van der Waals surface area contributed by atoms with Gasteiger partial charge in [0.2, 0.25) is 5.95 Å². The first kappa shape index (κ1) is 23.2. The number of aromatic nitrogens is 2. The molecule has 0 aliphatic heterocycles. The van der Waals surface area contributed by atoms with Crippen molar-refractivity contribution in [3.8, 4) is 0 Å². The summed E-state index contributed by atoms with van der Waals surface area (Å²) in [4.78, 5) is 29.7. The number of hydrogen-bond acceptors (Lipinski definition) is 4. The van der Waals surface area contributed by atoms with Gasteiger partial charge in [0.05, 0.1) is 11.0 Å². The largest absolute Gasteiger partial charge is 0.480 e. The summed E-state index contributed by atoms with van der Waals surface area (Å²) in [6.45, 7) is 4.32. The molecule has 1 fully saturated rings. The summed E-state index contributed by atoms with van der Waals surface area (Å²) in [7, 11) is 0. The maximum atomic E-state index is 12.9. The van der Waals surface area contributed by atoms with Gasteiger partial charge in [-0.15, -0.1) is 0 Å². The van der Waals surface area contributed by atoms with Crippen molar-refractivity contribution >= 4 is 34.5 Å². The van der Waals surface area contributed by atoms with Gasteiger partial charge in [-0.25, -0.2) is 9.37 Å². The summed E-state index contributed by atoms with van der Waals surface area (Å²) in [6, 6.07) is 10.6. The number of nitrogens with zero attached hydrogens (tertiary/aromatic N) is 1. The van der Waals surface area contributed by atoms with Gasteiger partial charge in [-0.3, -0.25) is 9.59 Å². The molecule has 0 saturated heterocycles. The second-order valence-electron chi connectivity index (χ2n) is 8.75. The van der Waals surface area contributed by atoms with Crippen molar-refractivity contribution in [3.63, 3.8) is 0 Å². The number of anilines is 2. The van der Waals surface area contributed by atoms with Crippen LogP contribution < -0.4 is 10.6 Å². The average Bonchev–Trinajstić information content (AvgIpc) is 3.15. The van der Waals surface area contributed by atoms with Gasteiger partial charge in [-0.2, -0.15) is 0 Å². The standard InChI is InChI=1S/C16H13FN4O3.C8H16/c17-10-2-4-11(5-3-10)19-16-20-12-6-1-9(7-13(12)21-16)15(24)18-8-14(22)23;1-8(2)6-4-3-5-7-8/h1-7H,8H2,(H,18,24)(H,22,23)(H2,19,20,21);3-7H2,1-2H3. The number of carboxylic acid groups (broad SMARTS) is 1. The fourth-order valence-corrected chi connectivity index (χ4v) is 3.65. The van der Waals surface area contributed by atoms with Crippen LogP contribution in [-0.4, -0.2) is 33.5 Å². The van der Waals surface area contributed by atoms with E-state index in [-0.39, 0.29) is 5.82 Å². The Morgan fingerprint density at radius 2 is 1.78 bits per heavy atom. The normalized spacial score (nSPS) is 14.8. The SMILES string of the molecule is CC1(C)CCCCC1.O=C(O)CNC(=O)c1ccc2nc(Nc3ccc(F)cc3)[nH]c2c1. The molecule has 1 aromatic heterocycles. The molecule has 1 heterocycles. The number of aliphatic carboxylic acids is 1. The topological polar surface area (TPSA) is 107 Å². The molecule has 0 spiro atoms. The third kappa shape index (κ3) is 6.80. The second-order valence-corrected chi connectivity index (χ2v) is 8.75. The molecule has 32 heavy (non-hydrogen) atoms. The van der Waals surface area contributed by atoms with E-state index in [1.54, 1.807) is 30.3 Å². The van der Waals surface area contributed by atoms with E-state index >= 15 is 0 Å². The highest BCUT2D eigenvalue weighted by Crippen LogP contribution is 2.34. The zero-order valence-electron chi connectivity index (χ0n) is 18.4. The van der Waals surface area contributed by atoms with Crippen molar-refractivity contribution in [1.82, 2.24) is 15.3 Å². The number of nitrogens with one attached hydrogen (secondary N) is 3. The minimum Gasteiger partial charge on any atom is -0.480 e. The van der Waals surface area contributed by atoms with E-state index in [1.165, 1.54) is 44.2 Å². The third-order valence-electron chi connectivity index (χ3n) is 5.46. The average molecular weight is 441 g/mol. The number of aromatic amines is 1. The number of carbonyl (C=O) groups excluding carboxylic acids is 1. The molecule has 4 N–H and O–H groups in total. The first-order chi connectivity index (χ1) is 15.2. The van der Waals surface area contributed by atoms with Crippen LogP contribution in [-0.2, 0) is 4.79 Å². The minimum absolute atomic E-state index is 0.320. The van der Waals surface area contributed by atoms with Gasteiger partial charge in [0.25, 0.3) is 5.91 Å². The summed E-state index contributed by atoms with van der Waals surface area (Å²) >= 11 is 0. The zero-order chi connectivity index (χ0) is 23.1. The van der Waals surface area contributed by atoms with Crippen LogP contribution in [0.15, 0.2) is 42.5 Å². The van der Waals surface area contributed by atoms with Crippen molar-refractivity contribution in [1.29, 1.82) is 0 Å². The highest BCUT2D eigenvalue weighted by atomic mass is 19.1. The van der Waals surface area contributed by atoms with Crippen LogP contribution in [0.4, 0.5) is 16.0 Å². The maximum absolute atomic E-state index is 12.9. The van der Waals surface area contributed by atoms with Gasteiger partial charge < -0.3 is 20.7 Å². The van der Waals surface area contributed by atoms with Crippen LogP contribution in [0.2, 0.25) is 0 Å². The number of halogens is 1. The van der Waals surface area contributed by atoms with Crippen molar-refractivity contribution < 1.29 is 19.1 Å². The zero-order valence-corrected chi connectivity index (χ0v) is 18.4. The number of H-pyrrole nitrogens is 1. The monoisotopic (exact) mass is 440 g/mol. The summed E-state index contributed by atoms with van der Waals surface area (Å²) in [6.07, 6.45) is 7.31. The number of hydrogen-bond donors (Lipinski definition) is 4. The lowest BCUT2D eigenvalue weighted by atomic mass is 9.78. The maximum Gasteiger partial charge on any atom is 0.322 e. The molecule has 1 amide bonds. The van der Waals surface area contributed by atoms with E-state index in [1.807, 2.05) is 0 Å². The smallest absolute Gasteiger partial charge is 0.322 e. The number of carbonyl (C=O) groups is 2. The van der Waals surface area contributed by atoms with E-state index in [9.17, 15) is 14.0 Å². The number of rotatable bonds is 5. The van der Waals surface area contributed by atoms with Crippen molar-refractivity contribution in [2.45, 2.75) is 46.0 Å². The Balaban J connectivity index is 0.000000305. The molecule has 170 valence electrons. The molecule has 1 aliphatic rings. The molecule has 0 bridgehead atoms. The lowest BCUT2D eigenvalue weighted by Gasteiger charge is -2.28. The van der Waals surface area contributed by atoms with Gasteiger partial charge >= 0.3 is 5.97 Å². The Morgan fingerprint density at radius 3 is 2.38 bits per heavy atom. The molecule has 4 rings (SSSR count). The number of imidazole rings is 1. The second kappa shape index (κ2) is 10.3. The fourth-order valence-electron chi connectivity index (χ4n) is 3.65. The highest BCUT2D eigenvalue weighted by Gasteiger charge is 2.20. The number of fused-ring (bicyclic) bond motifs is 1. The summed E-state index contributed by atoms with van der Waals surface area (Å²) in [5.41, 5.74) is 2.91. The van der Waals surface area contributed by atoms with Gasteiger partial charge in [0, 0.05) is 11.3 Å². The first-order valence-corrected chi connectivity index (χ1v) is 10.7. The molecule has 0 atom stereocenters. The summed E-state index contributed by atoms with van der Waals surface area (Å²) in [5, 5.41) is 13.9. The van der Waals surface area contributed by atoms with Crippen LogP contribution >= 0.6 is 0 Å². The van der Waals surface area contributed by atoms with Gasteiger partial charge in [-0.1, -0.05) is 33.1 Å². The Kier molecular flexibility index (Phi) is 7.45. The molecule has 1 aliphatic carbocycles. The van der Waals surface area contributed by atoms with Crippen LogP contribution in [0.5, 0.6) is 0 Å². The predicted octanol–water partition coefficient (Wildman–Crippen LogP) is 5.24. The molecule has 8 heteroatoms. The third-order valence-corrected chi connectivity index (χ3v) is 5.46. The molecular formula is C24H29FN4O3. The van der Waals surface area contributed by atoms with Crippen LogP contribution in [0, 0.1) is 11.2 Å². The molecule has 0 unspecified atom stereocenters. The molecule has 1 saturated carbocycles. The Bertz CT molecular complexity index is 1070. The first-order valence-electron chi connectivity index (χ1n) is 10.7. The van der Waals surface area contributed by atoms with E-state index in [2.05, 4.69) is 34.4 Å². The van der Waals surface area contributed by atoms with Gasteiger partial charge in [0.1, 0.15) is 12.4 Å². The highest BCUT2D eigenvalue weighted by molar-refractivity contribution is 5.98. The van der Waals surface area contributed by atoms with Crippen molar-refractivity contribution in [2.24, 2.45) is 5.41 Å². The molecule has 0 radical (unpaired) electrons. The molecule has 2 aromatic carbocycles. The number of carboxylic acids is 1. The van der Waals surface area contributed by atoms with Crippen LogP contribution in [0.1, 0.15) is 56.3 Å². The summed E-state index contributed by atoms with van der Waals surface area (Å²) in [5.74, 6) is -1.49. The fraction of sp³-hybridized carbons (Fsp3) is 0.375.